The second kappa shape index (κ2) is 7.38. The standard InChI is InChI=1S/C16H25N3O2/c1-4-21-15(20)14-10-18-16(19-12(14)3)17-9-13-7-5-6-11(2)8-13/h10-11,13H,4-9H2,1-3H3,(H,17,18,19). The van der Waals surface area contributed by atoms with Gasteiger partial charge in [0.15, 0.2) is 0 Å². The lowest BCUT2D eigenvalue weighted by molar-refractivity contribution is 0.0524. The molecule has 0 aromatic carbocycles. The molecule has 21 heavy (non-hydrogen) atoms. The average Bonchev–Trinajstić information content (AvgIpc) is 2.45. The quantitative estimate of drug-likeness (QED) is 0.844. The molecule has 1 fully saturated rings. The summed E-state index contributed by atoms with van der Waals surface area (Å²) in [5, 5.41) is 3.30. The maximum atomic E-state index is 11.7. The monoisotopic (exact) mass is 291 g/mol. The Morgan fingerprint density at radius 3 is 2.95 bits per heavy atom. The number of aryl methyl sites for hydroxylation is 1. The topological polar surface area (TPSA) is 64.1 Å². The molecule has 2 rings (SSSR count). The summed E-state index contributed by atoms with van der Waals surface area (Å²) in [7, 11) is 0. The van der Waals surface area contributed by atoms with Crippen LogP contribution in [0.2, 0.25) is 0 Å². The summed E-state index contributed by atoms with van der Waals surface area (Å²) in [6.07, 6.45) is 6.76. The first kappa shape index (κ1) is 15.7. The molecule has 5 heteroatoms. The molecule has 5 nitrogen and oxygen atoms in total. The maximum Gasteiger partial charge on any atom is 0.341 e. The predicted molar refractivity (Wildman–Crippen MR) is 82.3 cm³/mol. The molecule has 1 saturated carbocycles. The van der Waals surface area contributed by atoms with Crippen molar-refractivity contribution in [3.8, 4) is 0 Å². The largest absolute Gasteiger partial charge is 0.462 e. The molecule has 0 saturated heterocycles. The smallest absolute Gasteiger partial charge is 0.341 e. The molecule has 116 valence electrons. The minimum Gasteiger partial charge on any atom is -0.462 e. The van der Waals surface area contributed by atoms with Crippen LogP contribution in [0.4, 0.5) is 5.95 Å². The van der Waals surface area contributed by atoms with Gasteiger partial charge in [0, 0.05) is 12.7 Å². The molecule has 2 unspecified atom stereocenters. The molecule has 2 atom stereocenters. The molecule has 0 radical (unpaired) electrons. The van der Waals surface area contributed by atoms with Gasteiger partial charge in [0.05, 0.1) is 17.9 Å². The third-order valence-corrected chi connectivity index (χ3v) is 4.07. The normalized spacial score (nSPS) is 21.9. The summed E-state index contributed by atoms with van der Waals surface area (Å²) in [6, 6.07) is 0. The van der Waals surface area contributed by atoms with Crippen molar-refractivity contribution in [3.05, 3.63) is 17.5 Å². The Kier molecular flexibility index (Phi) is 5.53. The Hall–Kier alpha value is -1.65. The highest BCUT2D eigenvalue weighted by Gasteiger charge is 2.19. The van der Waals surface area contributed by atoms with E-state index in [1.807, 2.05) is 6.92 Å². The first-order chi connectivity index (χ1) is 10.1. The van der Waals surface area contributed by atoms with Crippen LogP contribution in [0, 0.1) is 18.8 Å². The Morgan fingerprint density at radius 2 is 2.29 bits per heavy atom. The Morgan fingerprint density at radius 1 is 1.48 bits per heavy atom. The van der Waals surface area contributed by atoms with Gasteiger partial charge in [0.2, 0.25) is 5.95 Å². The van der Waals surface area contributed by atoms with Crippen molar-refractivity contribution in [1.29, 1.82) is 0 Å². The lowest BCUT2D eigenvalue weighted by Gasteiger charge is -2.26. The lowest BCUT2D eigenvalue weighted by Crippen LogP contribution is -2.22. The van der Waals surface area contributed by atoms with Crippen LogP contribution in [0.5, 0.6) is 0 Å². The first-order valence-corrected chi connectivity index (χ1v) is 7.84. The molecular weight excluding hydrogens is 266 g/mol. The van der Waals surface area contributed by atoms with Crippen molar-refractivity contribution in [3.63, 3.8) is 0 Å². The number of carbonyl (C=O) groups is 1. The fraction of sp³-hybridized carbons (Fsp3) is 0.688. The zero-order valence-electron chi connectivity index (χ0n) is 13.2. The van der Waals surface area contributed by atoms with Gasteiger partial charge in [0.25, 0.3) is 0 Å². The number of esters is 1. The van der Waals surface area contributed by atoms with E-state index in [1.54, 1.807) is 13.1 Å². The second-order valence-corrected chi connectivity index (χ2v) is 5.93. The van der Waals surface area contributed by atoms with Gasteiger partial charge in [-0.25, -0.2) is 14.8 Å². The number of nitrogens with one attached hydrogen (secondary N) is 1. The summed E-state index contributed by atoms with van der Waals surface area (Å²) < 4.78 is 4.98. The SMILES string of the molecule is CCOC(=O)c1cnc(NCC2CCCC(C)C2)nc1C. The summed E-state index contributed by atoms with van der Waals surface area (Å²) >= 11 is 0. The van der Waals surface area contributed by atoms with Crippen molar-refractivity contribution in [2.75, 3.05) is 18.5 Å². The van der Waals surface area contributed by atoms with E-state index in [0.717, 1.165) is 12.5 Å². The molecule has 1 aliphatic carbocycles. The highest BCUT2D eigenvalue weighted by atomic mass is 16.5. The average molecular weight is 291 g/mol. The van der Waals surface area contributed by atoms with E-state index in [2.05, 4.69) is 22.2 Å². The number of nitrogens with zero attached hydrogens (tertiary/aromatic N) is 2. The van der Waals surface area contributed by atoms with E-state index in [1.165, 1.54) is 25.7 Å². The van der Waals surface area contributed by atoms with Crippen molar-refractivity contribution in [2.24, 2.45) is 11.8 Å². The Bertz CT molecular complexity index is 490. The molecule has 1 aliphatic rings. The third-order valence-electron chi connectivity index (χ3n) is 4.07. The minimum atomic E-state index is -0.359. The van der Waals surface area contributed by atoms with Crippen LogP contribution in [0.1, 0.15) is 55.6 Å². The molecule has 0 aliphatic heterocycles. The van der Waals surface area contributed by atoms with E-state index >= 15 is 0 Å². The van der Waals surface area contributed by atoms with E-state index in [0.29, 0.717) is 29.7 Å². The second-order valence-electron chi connectivity index (χ2n) is 5.93. The van der Waals surface area contributed by atoms with Crippen LogP contribution >= 0.6 is 0 Å². The van der Waals surface area contributed by atoms with Gasteiger partial charge >= 0.3 is 5.97 Å². The van der Waals surface area contributed by atoms with E-state index in [9.17, 15) is 4.79 Å². The van der Waals surface area contributed by atoms with Gasteiger partial charge in [-0.15, -0.1) is 0 Å². The van der Waals surface area contributed by atoms with E-state index in [4.69, 9.17) is 4.74 Å². The molecule has 1 aromatic rings. The first-order valence-electron chi connectivity index (χ1n) is 7.84. The lowest BCUT2D eigenvalue weighted by atomic mass is 9.82. The highest BCUT2D eigenvalue weighted by Crippen LogP contribution is 2.28. The van der Waals surface area contributed by atoms with Crippen molar-refractivity contribution >= 4 is 11.9 Å². The number of hydrogen-bond acceptors (Lipinski definition) is 5. The number of ether oxygens (including phenoxy) is 1. The third kappa shape index (κ3) is 4.41. The van der Waals surface area contributed by atoms with Gasteiger partial charge < -0.3 is 10.1 Å². The number of carbonyl (C=O) groups excluding carboxylic acids is 1. The molecule has 0 amide bonds. The Labute approximate surface area is 126 Å². The van der Waals surface area contributed by atoms with Gasteiger partial charge in [-0.05, 0) is 38.5 Å². The van der Waals surface area contributed by atoms with Crippen molar-refractivity contribution < 1.29 is 9.53 Å². The summed E-state index contributed by atoms with van der Waals surface area (Å²) in [5.74, 6) is 1.75. The number of aromatic nitrogens is 2. The summed E-state index contributed by atoms with van der Waals surface area (Å²) in [4.78, 5) is 20.3. The van der Waals surface area contributed by atoms with Crippen molar-refractivity contribution in [1.82, 2.24) is 9.97 Å². The fourth-order valence-corrected chi connectivity index (χ4v) is 2.94. The highest BCUT2D eigenvalue weighted by molar-refractivity contribution is 5.90. The molecule has 1 heterocycles. The molecule has 0 bridgehead atoms. The van der Waals surface area contributed by atoms with Crippen LogP contribution < -0.4 is 5.32 Å². The number of hydrogen-bond donors (Lipinski definition) is 1. The zero-order valence-corrected chi connectivity index (χ0v) is 13.2. The van der Waals surface area contributed by atoms with Gasteiger partial charge in [-0.1, -0.05) is 19.8 Å². The minimum absolute atomic E-state index is 0.359. The van der Waals surface area contributed by atoms with Gasteiger partial charge in [-0.2, -0.15) is 0 Å². The van der Waals surface area contributed by atoms with E-state index < -0.39 is 0 Å². The summed E-state index contributed by atoms with van der Waals surface area (Å²) in [5.41, 5.74) is 1.09. The van der Waals surface area contributed by atoms with Crippen LogP contribution in [0.15, 0.2) is 6.20 Å². The number of anilines is 1. The molecular formula is C16H25N3O2. The van der Waals surface area contributed by atoms with Crippen LogP contribution in [0.25, 0.3) is 0 Å². The summed E-state index contributed by atoms with van der Waals surface area (Å²) in [6.45, 7) is 7.18. The number of rotatable bonds is 5. The fourth-order valence-electron chi connectivity index (χ4n) is 2.94. The predicted octanol–water partition coefficient (Wildman–Crippen LogP) is 3.20. The van der Waals surface area contributed by atoms with E-state index in [-0.39, 0.29) is 5.97 Å². The van der Waals surface area contributed by atoms with Crippen LogP contribution in [0.3, 0.4) is 0 Å². The van der Waals surface area contributed by atoms with Crippen molar-refractivity contribution in [2.45, 2.75) is 46.5 Å². The van der Waals surface area contributed by atoms with Crippen LogP contribution in [-0.4, -0.2) is 29.1 Å². The Balaban J connectivity index is 1.92. The van der Waals surface area contributed by atoms with Gasteiger partial charge in [-0.3, -0.25) is 0 Å². The maximum absolute atomic E-state index is 11.7. The zero-order chi connectivity index (χ0) is 15.2. The van der Waals surface area contributed by atoms with Gasteiger partial charge in [0.1, 0.15) is 0 Å². The molecule has 1 N–H and O–H groups in total. The molecule has 0 spiro atoms. The molecule has 1 aromatic heterocycles. The van der Waals surface area contributed by atoms with Crippen LogP contribution in [-0.2, 0) is 4.74 Å².